The second-order valence-electron chi connectivity index (χ2n) is 7.29. The first-order chi connectivity index (χ1) is 13.1. The third-order valence-corrected chi connectivity index (χ3v) is 5.18. The summed E-state index contributed by atoms with van der Waals surface area (Å²) in [6, 6.07) is 14.1. The summed E-state index contributed by atoms with van der Waals surface area (Å²) in [4.78, 5) is 17.4. The number of furan rings is 1. The summed E-state index contributed by atoms with van der Waals surface area (Å²) in [6.45, 7) is 6.03. The maximum absolute atomic E-state index is 12.7. The molecule has 0 spiro atoms. The van der Waals surface area contributed by atoms with Crippen LogP contribution in [-0.4, -0.2) is 44.0 Å². The quantitative estimate of drug-likeness (QED) is 0.768. The SMILES string of the molecule is Cc1ccc2c(CC(=O)Nc3ccccc3N3CCN(C)CC3)coc2c1. The van der Waals surface area contributed by atoms with Gasteiger partial charge in [0.15, 0.2) is 0 Å². The zero-order valence-electron chi connectivity index (χ0n) is 15.9. The Morgan fingerprint density at radius 3 is 2.70 bits per heavy atom. The lowest BCUT2D eigenvalue weighted by atomic mass is 10.1. The molecule has 1 amide bonds. The Morgan fingerprint density at radius 2 is 1.89 bits per heavy atom. The molecule has 3 aromatic rings. The van der Waals surface area contributed by atoms with Crippen LogP contribution in [0.1, 0.15) is 11.1 Å². The van der Waals surface area contributed by atoms with E-state index in [1.54, 1.807) is 6.26 Å². The van der Waals surface area contributed by atoms with E-state index in [-0.39, 0.29) is 5.91 Å². The molecule has 5 heteroatoms. The van der Waals surface area contributed by atoms with Crippen LogP contribution in [0.5, 0.6) is 0 Å². The van der Waals surface area contributed by atoms with Crippen LogP contribution in [0.25, 0.3) is 11.0 Å². The summed E-state index contributed by atoms with van der Waals surface area (Å²) in [7, 11) is 2.14. The van der Waals surface area contributed by atoms with Gasteiger partial charge < -0.3 is 19.5 Å². The number of nitrogens with one attached hydrogen (secondary N) is 1. The number of amides is 1. The minimum Gasteiger partial charge on any atom is -0.464 e. The van der Waals surface area contributed by atoms with Gasteiger partial charge in [0.05, 0.1) is 24.1 Å². The first-order valence-electron chi connectivity index (χ1n) is 9.39. The minimum atomic E-state index is -0.0279. The Morgan fingerprint density at radius 1 is 1.11 bits per heavy atom. The van der Waals surface area contributed by atoms with E-state index < -0.39 is 0 Å². The lowest BCUT2D eigenvalue weighted by Crippen LogP contribution is -2.44. The van der Waals surface area contributed by atoms with E-state index >= 15 is 0 Å². The predicted octanol–water partition coefficient (Wildman–Crippen LogP) is 3.67. The molecule has 0 radical (unpaired) electrons. The molecule has 0 bridgehead atoms. The summed E-state index contributed by atoms with van der Waals surface area (Å²) in [5.74, 6) is -0.0279. The summed E-state index contributed by atoms with van der Waals surface area (Å²) >= 11 is 0. The van der Waals surface area contributed by atoms with E-state index in [9.17, 15) is 4.79 Å². The zero-order valence-corrected chi connectivity index (χ0v) is 15.9. The molecule has 1 N–H and O–H groups in total. The predicted molar refractivity (Wildman–Crippen MR) is 109 cm³/mol. The number of aryl methyl sites for hydroxylation is 1. The van der Waals surface area contributed by atoms with Crippen molar-refractivity contribution in [3.63, 3.8) is 0 Å². The fourth-order valence-electron chi connectivity index (χ4n) is 3.60. The monoisotopic (exact) mass is 363 g/mol. The Balaban J connectivity index is 1.49. The van der Waals surface area contributed by atoms with Gasteiger partial charge in [0.1, 0.15) is 5.58 Å². The van der Waals surface area contributed by atoms with Crippen LogP contribution in [0.15, 0.2) is 53.1 Å². The topological polar surface area (TPSA) is 48.7 Å². The average Bonchev–Trinajstić information content (AvgIpc) is 3.04. The molecular weight excluding hydrogens is 338 g/mol. The van der Waals surface area contributed by atoms with Crippen molar-refractivity contribution in [2.45, 2.75) is 13.3 Å². The minimum absolute atomic E-state index is 0.0279. The van der Waals surface area contributed by atoms with Crippen LogP contribution in [0.2, 0.25) is 0 Å². The number of carbonyl (C=O) groups excluding carboxylic acids is 1. The second-order valence-corrected chi connectivity index (χ2v) is 7.29. The van der Waals surface area contributed by atoms with Gasteiger partial charge in [0.2, 0.25) is 5.91 Å². The van der Waals surface area contributed by atoms with Gasteiger partial charge in [-0.25, -0.2) is 0 Å². The Kier molecular flexibility index (Phi) is 4.86. The molecule has 1 fully saturated rings. The summed E-state index contributed by atoms with van der Waals surface area (Å²) in [5.41, 5.74) is 4.85. The first kappa shape index (κ1) is 17.6. The number of anilines is 2. The number of rotatable bonds is 4. The molecule has 2 aromatic carbocycles. The number of para-hydroxylation sites is 2. The van der Waals surface area contributed by atoms with Crippen molar-refractivity contribution >= 4 is 28.3 Å². The fourth-order valence-corrected chi connectivity index (χ4v) is 3.60. The van der Waals surface area contributed by atoms with Crippen molar-refractivity contribution in [3.05, 3.63) is 59.9 Å². The van der Waals surface area contributed by atoms with E-state index in [1.165, 1.54) is 0 Å². The molecule has 2 heterocycles. The second kappa shape index (κ2) is 7.45. The third kappa shape index (κ3) is 3.83. The van der Waals surface area contributed by atoms with Gasteiger partial charge in [-0.2, -0.15) is 0 Å². The van der Waals surface area contributed by atoms with Crippen LogP contribution in [-0.2, 0) is 11.2 Å². The number of hydrogen-bond acceptors (Lipinski definition) is 4. The number of likely N-dealkylation sites (N-methyl/N-ethyl adjacent to an activating group) is 1. The number of benzene rings is 2. The number of carbonyl (C=O) groups is 1. The molecule has 0 saturated carbocycles. The molecule has 0 unspecified atom stereocenters. The number of hydrogen-bond donors (Lipinski definition) is 1. The molecule has 140 valence electrons. The van der Waals surface area contributed by atoms with Crippen molar-refractivity contribution in [2.75, 3.05) is 43.4 Å². The fraction of sp³-hybridized carbons (Fsp3) is 0.318. The lowest BCUT2D eigenvalue weighted by Gasteiger charge is -2.35. The van der Waals surface area contributed by atoms with Gasteiger partial charge in [0.25, 0.3) is 0 Å². The molecule has 27 heavy (non-hydrogen) atoms. The highest BCUT2D eigenvalue weighted by Crippen LogP contribution is 2.27. The van der Waals surface area contributed by atoms with Gasteiger partial charge in [-0.15, -0.1) is 0 Å². The van der Waals surface area contributed by atoms with Crippen LogP contribution >= 0.6 is 0 Å². The smallest absolute Gasteiger partial charge is 0.228 e. The number of piperazine rings is 1. The summed E-state index contributed by atoms with van der Waals surface area (Å²) in [6.07, 6.45) is 1.99. The Bertz CT molecular complexity index is 955. The van der Waals surface area contributed by atoms with E-state index in [2.05, 4.69) is 28.2 Å². The molecule has 1 aliphatic rings. The normalized spacial score (nSPS) is 15.3. The molecule has 0 atom stereocenters. The van der Waals surface area contributed by atoms with Crippen molar-refractivity contribution in [1.29, 1.82) is 0 Å². The van der Waals surface area contributed by atoms with Crippen LogP contribution in [0.4, 0.5) is 11.4 Å². The Labute approximate surface area is 159 Å². The zero-order chi connectivity index (χ0) is 18.8. The van der Waals surface area contributed by atoms with Crippen molar-refractivity contribution < 1.29 is 9.21 Å². The third-order valence-electron chi connectivity index (χ3n) is 5.18. The van der Waals surface area contributed by atoms with Gasteiger partial charge in [0, 0.05) is 37.1 Å². The van der Waals surface area contributed by atoms with Gasteiger partial charge in [-0.05, 0) is 37.7 Å². The summed E-state index contributed by atoms with van der Waals surface area (Å²) in [5, 5.41) is 4.10. The maximum atomic E-state index is 12.7. The number of nitrogens with zero attached hydrogens (tertiary/aromatic N) is 2. The standard InChI is InChI=1S/C22H25N3O2/c1-16-7-8-18-17(15-27-21(18)13-16)14-22(26)23-19-5-3-4-6-20(19)25-11-9-24(2)10-12-25/h3-8,13,15H,9-12,14H2,1-2H3,(H,23,26). The molecular formula is C22H25N3O2. The molecule has 1 saturated heterocycles. The van der Waals surface area contributed by atoms with Gasteiger partial charge in [-0.3, -0.25) is 4.79 Å². The molecule has 1 aromatic heterocycles. The van der Waals surface area contributed by atoms with Crippen molar-refractivity contribution in [1.82, 2.24) is 4.90 Å². The molecule has 1 aliphatic heterocycles. The highest BCUT2D eigenvalue weighted by Gasteiger charge is 2.18. The van der Waals surface area contributed by atoms with Gasteiger partial charge in [-0.1, -0.05) is 24.3 Å². The van der Waals surface area contributed by atoms with E-state index in [0.29, 0.717) is 6.42 Å². The van der Waals surface area contributed by atoms with E-state index in [0.717, 1.165) is 59.6 Å². The average molecular weight is 363 g/mol. The van der Waals surface area contributed by atoms with Crippen molar-refractivity contribution in [3.8, 4) is 0 Å². The van der Waals surface area contributed by atoms with E-state index in [1.807, 2.05) is 43.3 Å². The van der Waals surface area contributed by atoms with Crippen LogP contribution in [0.3, 0.4) is 0 Å². The van der Waals surface area contributed by atoms with Gasteiger partial charge >= 0.3 is 0 Å². The lowest BCUT2D eigenvalue weighted by molar-refractivity contribution is -0.115. The Hall–Kier alpha value is -2.79. The first-order valence-corrected chi connectivity index (χ1v) is 9.39. The number of fused-ring (bicyclic) bond motifs is 1. The molecule has 5 nitrogen and oxygen atoms in total. The molecule has 0 aliphatic carbocycles. The highest BCUT2D eigenvalue weighted by molar-refractivity contribution is 5.97. The largest absolute Gasteiger partial charge is 0.464 e. The van der Waals surface area contributed by atoms with E-state index in [4.69, 9.17) is 4.42 Å². The summed E-state index contributed by atoms with van der Waals surface area (Å²) < 4.78 is 5.62. The maximum Gasteiger partial charge on any atom is 0.228 e. The van der Waals surface area contributed by atoms with Crippen molar-refractivity contribution in [2.24, 2.45) is 0 Å². The van der Waals surface area contributed by atoms with Crippen LogP contribution < -0.4 is 10.2 Å². The van der Waals surface area contributed by atoms with Crippen LogP contribution in [0, 0.1) is 6.92 Å². The molecule has 4 rings (SSSR count). The highest BCUT2D eigenvalue weighted by atomic mass is 16.3.